The van der Waals surface area contributed by atoms with Crippen LogP contribution in [-0.2, 0) is 11.8 Å². The summed E-state index contributed by atoms with van der Waals surface area (Å²) >= 11 is 0. The Morgan fingerprint density at radius 1 is 1.77 bits per heavy atom. The first-order valence-corrected chi connectivity index (χ1v) is 4.63. The quantitative estimate of drug-likeness (QED) is 0.726. The minimum Gasteiger partial charge on any atom is -0.376 e. The van der Waals surface area contributed by atoms with E-state index in [1.807, 2.05) is 17.8 Å². The van der Waals surface area contributed by atoms with E-state index in [2.05, 4.69) is 4.98 Å². The zero-order valence-electron chi connectivity index (χ0n) is 7.81. The van der Waals surface area contributed by atoms with Crippen LogP contribution in [0, 0.1) is 0 Å². The third kappa shape index (κ3) is 1.59. The molecule has 0 bridgehead atoms. The van der Waals surface area contributed by atoms with Gasteiger partial charge in [0.2, 0.25) is 0 Å². The minimum absolute atomic E-state index is 0.0810. The third-order valence-corrected chi connectivity index (χ3v) is 2.52. The molecule has 2 atom stereocenters. The summed E-state index contributed by atoms with van der Waals surface area (Å²) in [4.78, 5) is 4.22. The van der Waals surface area contributed by atoms with Crippen molar-refractivity contribution in [3.05, 3.63) is 18.2 Å². The SMILES string of the molecule is Cn1ccnc1C(N)C1CCCO1. The van der Waals surface area contributed by atoms with Gasteiger partial charge in [-0.2, -0.15) is 0 Å². The van der Waals surface area contributed by atoms with E-state index in [0.29, 0.717) is 0 Å². The molecule has 0 radical (unpaired) electrons. The zero-order chi connectivity index (χ0) is 9.26. The van der Waals surface area contributed by atoms with E-state index in [9.17, 15) is 0 Å². The Kier molecular flexibility index (Phi) is 2.33. The Hall–Kier alpha value is -0.870. The Morgan fingerprint density at radius 3 is 3.15 bits per heavy atom. The predicted octanol–water partition coefficient (Wildman–Crippen LogP) is 0.599. The lowest BCUT2D eigenvalue weighted by Gasteiger charge is -2.17. The van der Waals surface area contributed by atoms with E-state index in [1.165, 1.54) is 0 Å². The molecule has 1 saturated heterocycles. The van der Waals surface area contributed by atoms with Crippen molar-refractivity contribution in [3.63, 3.8) is 0 Å². The topological polar surface area (TPSA) is 53.1 Å². The molecule has 2 heterocycles. The fourth-order valence-electron chi connectivity index (χ4n) is 1.75. The fourth-order valence-corrected chi connectivity index (χ4v) is 1.75. The average molecular weight is 181 g/mol. The molecule has 0 amide bonds. The van der Waals surface area contributed by atoms with Crippen LogP contribution in [-0.4, -0.2) is 22.3 Å². The van der Waals surface area contributed by atoms with Crippen molar-refractivity contribution in [2.75, 3.05) is 6.61 Å². The molecule has 1 aliphatic rings. The van der Waals surface area contributed by atoms with Crippen LogP contribution >= 0.6 is 0 Å². The molecule has 1 aliphatic heterocycles. The number of rotatable bonds is 2. The molecule has 1 aromatic rings. The lowest BCUT2D eigenvalue weighted by molar-refractivity contribution is 0.0869. The summed E-state index contributed by atoms with van der Waals surface area (Å²) < 4.78 is 7.47. The highest BCUT2D eigenvalue weighted by Crippen LogP contribution is 2.23. The number of aryl methyl sites for hydroxylation is 1. The smallest absolute Gasteiger partial charge is 0.128 e. The normalized spacial score (nSPS) is 24.9. The standard InChI is InChI=1S/C9H15N3O/c1-12-5-4-11-9(12)8(10)7-3-2-6-13-7/h4-5,7-8H,2-3,6,10H2,1H3. The van der Waals surface area contributed by atoms with Gasteiger partial charge in [0.15, 0.2) is 0 Å². The van der Waals surface area contributed by atoms with Crippen molar-refractivity contribution in [1.82, 2.24) is 9.55 Å². The van der Waals surface area contributed by atoms with Gasteiger partial charge in [0, 0.05) is 26.0 Å². The summed E-state index contributed by atoms with van der Waals surface area (Å²) in [6.07, 6.45) is 5.99. The van der Waals surface area contributed by atoms with E-state index in [-0.39, 0.29) is 12.1 Å². The van der Waals surface area contributed by atoms with Gasteiger partial charge in [-0.3, -0.25) is 0 Å². The number of nitrogens with two attached hydrogens (primary N) is 1. The predicted molar refractivity (Wildman–Crippen MR) is 49.1 cm³/mol. The summed E-state index contributed by atoms with van der Waals surface area (Å²) in [6.45, 7) is 0.836. The second kappa shape index (κ2) is 3.47. The molecule has 1 aromatic heterocycles. The van der Waals surface area contributed by atoms with Gasteiger partial charge < -0.3 is 15.0 Å². The van der Waals surface area contributed by atoms with Crippen LogP contribution in [0.3, 0.4) is 0 Å². The molecule has 1 fully saturated rings. The van der Waals surface area contributed by atoms with E-state index >= 15 is 0 Å². The maximum Gasteiger partial charge on any atom is 0.128 e. The zero-order valence-corrected chi connectivity index (χ0v) is 7.81. The summed E-state index contributed by atoms with van der Waals surface area (Å²) in [7, 11) is 1.96. The van der Waals surface area contributed by atoms with Gasteiger partial charge in [-0.05, 0) is 12.8 Å². The van der Waals surface area contributed by atoms with E-state index in [0.717, 1.165) is 25.3 Å². The van der Waals surface area contributed by atoms with Crippen molar-refractivity contribution < 1.29 is 4.74 Å². The Morgan fingerprint density at radius 2 is 2.62 bits per heavy atom. The second-order valence-electron chi connectivity index (χ2n) is 3.47. The molecule has 4 heteroatoms. The highest BCUT2D eigenvalue weighted by atomic mass is 16.5. The summed E-state index contributed by atoms with van der Waals surface area (Å²) in [5, 5.41) is 0. The Bertz CT molecular complexity index is 278. The molecule has 2 N–H and O–H groups in total. The second-order valence-corrected chi connectivity index (χ2v) is 3.47. The third-order valence-electron chi connectivity index (χ3n) is 2.52. The first-order chi connectivity index (χ1) is 6.29. The maximum atomic E-state index is 6.04. The number of ether oxygens (including phenoxy) is 1. The summed E-state index contributed by atoms with van der Waals surface area (Å²) in [5.41, 5.74) is 6.04. The number of nitrogens with zero attached hydrogens (tertiary/aromatic N) is 2. The molecule has 4 nitrogen and oxygen atoms in total. The van der Waals surface area contributed by atoms with E-state index < -0.39 is 0 Å². The minimum atomic E-state index is -0.0810. The molecule has 72 valence electrons. The molecule has 13 heavy (non-hydrogen) atoms. The maximum absolute atomic E-state index is 6.04. The monoisotopic (exact) mass is 181 g/mol. The van der Waals surface area contributed by atoms with Crippen molar-refractivity contribution >= 4 is 0 Å². The average Bonchev–Trinajstić information content (AvgIpc) is 2.72. The van der Waals surface area contributed by atoms with Crippen molar-refractivity contribution in [3.8, 4) is 0 Å². The Balaban J connectivity index is 2.12. The summed E-state index contributed by atoms with van der Waals surface area (Å²) in [5.74, 6) is 0.909. The number of hydrogen-bond donors (Lipinski definition) is 1. The highest BCUT2D eigenvalue weighted by Gasteiger charge is 2.26. The van der Waals surface area contributed by atoms with Crippen molar-refractivity contribution in [2.45, 2.75) is 25.0 Å². The van der Waals surface area contributed by atoms with Gasteiger partial charge in [0.1, 0.15) is 5.82 Å². The lowest BCUT2D eigenvalue weighted by Crippen LogP contribution is -2.28. The van der Waals surface area contributed by atoms with Crippen molar-refractivity contribution in [2.24, 2.45) is 12.8 Å². The molecule has 0 aromatic carbocycles. The molecule has 0 aliphatic carbocycles. The van der Waals surface area contributed by atoms with Gasteiger partial charge in [0.25, 0.3) is 0 Å². The van der Waals surface area contributed by atoms with Gasteiger partial charge in [-0.1, -0.05) is 0 Å². The molecule has 2 unspecified atom stereocenters. The summed E-state index contributed by atoms with van der Waals surface area (Å²) in [6, 6.07) is -0.0810. The van der Waals surface area contributed by atoms with E-state index in [1.54, 1.807) is 6.20 Å². The van der Waals surface area contributed by atoms with Crippen molar-refractivity contribution in [1.29, 1.82) is 0 Å². The van der Waals surface area contributed by atoms with Crippen LogP contribution in [0.25, 0.3) is 0 Å². The van der Waals surface area contributed by atoms with Gasteiger partial charge in [-0.25, -0.2) is 4.98 Å². The van der Waals surface area contributed by atoms with Gasteiger partial charge in [-0.15, -0.1) is 0 Å². The Labute approximate surface area is 77.7 Å². The largest absolute Gasteiger partial charge is 0.376 e. The van der Waals surface area contributed by atoms with Crippen LogP contribution in [0.15, 0.2) is 12.4 Å². The van der Waals surface area contributed by atoms with Crippen LogP contribution in [0.5, 0.6) is 0 Å². The molecule has 0 spiro atoms. The first kappa shape index (κ1) is 8.72. The van der Waals surface area contributed by atoms with E-state index in [4.69, 9.17) is 10.5 Å². The van der Waals surface area contributed by atoms with Crippen LogP contribution < -0.4 is 5.73 Å². The number of hydrogen-bond acceptors (Lipinski definition) is 3. The molecular formula is C9H15N3O. The number of aromatic nitrogens is 2. The lowest BCUT2D eigenvalue weighted by atomic mass is 10.1. The first-order valence-electron chi connectivity index (χ1n) is 4.63. The molecule has 0 saturated carbocycles. The number of imidazole rings is 1. The van der Waals surface area contributed by atoms with Gasteiger partial charge >= 0.3 is 0 Å². The van der Waals surface area contributed by atoms with Crippen LogP contribution in [0.1, 0.15) is 24.7 Å². The van der Waals surface area contributed by atoms with Crippen LogP contribution in [0.2, 0.25) is 0 Å². The van der Waals surface area contributed by atoms with Gasteiger partial charge in [0.05, 0.1) is 12.1 Å². The fraction of sp³-hybridized carbons (Fsp3) is 0.667. The molecule has 2 rings (SSSR count). The van der Waals surface area contributed by atoms with Crippen LogP contribution in [0.4, 0.5) is 0 Å². The molecular weight excluding hydrogens is 166 g/mol. The highest BCUT2D eigenvalue weighted by molar-refractivity contribution is 5.01.